The highest BCUT2D eigenvalue weighted by atomic mass is 15.2. The molecule has 0 N–H and O–H groups in total. The fourth-order valence-corrected chi connectivity index (χ4v) is 7.72. The van der Waals surface area contributed by atoms with Crippen LogP contribution in [-0.2, 0) is 5.41 Å². The van der Waals surface area contributed by atoms with Crippen LogP contribution in [0, 0.1) is 0 Å². The van der Waals surface area contributed by atoms with Gasteiger partial charge in [-0.1, -0.05) is 129 Å². The van der Waals surface area contributed by atoms with Crippen LogP contribution in [-0.4, -0.2) is 4.98 Å². The molecule has 0 saturated carbocycles. The highest BCUT2D eigenvalue weighted by Crippen LogP contribution is 2.50. The van der Waals surface area contributed by atoms with Crippen molar-refractivity contribution in [1.29, 1.82) is 0 Å². The topological polar surface area (TPSA) is 19.4 Å². The van der Waals surface area contributed by atoms with Gasteiger partial charge in [0.1, 0.15) is 5.82 Å². The van der Waals surface area contributed by atoms with Crippen LogP contribution in [0.1, 0.15) is 25.0 Å². The minimum absolute atomic E-state index is 0.0724. The Morgan fingerprint density at radius 3 is 1.76 bits per heavy atom. The average molecular weight is 656 g/mol. The minimum atomic E-state index is -0.0724. The summed E-state index contributed by atoms with van der Waals surface area (Å²) in [5.41, 5.74) is 13.1. The molecule has 0 atom stereocenters. The van der Waals surface area contributed by atoms with Crippen molar-refractivity contribution in [3.63, 3.8) is 0 Å². The van der Waals surface area contributed by atoms with Crippen LogP contribution in [0.4, 0.5) is 34.3 Å². The summed E-state index contributed by atoms with van der Waals surface area (Å²) in [7, 11) is 0. The van der Waals surface area contributed by atoms with E-state index in [1.54, 1.807) is 0 Å². The van der Waals surface area contributed by atoms with Crippen LogP contribution >= 0.6 is 0 Å². The maximum Gasteiger partial charge on any atom is 0.137 e. The maximum absolute atomic E-state index is 5.05. The zero-order valence-electron chi connectivity index (χ0n) is 28.7. The second-order valence-electron chi connectivity index (χ2n) is 13.7. The number of rotatable bonds is 7. The Bertz CT molecular complexity index is 2480. The molecule has 1 aliphatic rings. The van der Waals surface area contributed by atoms with Crippen molar-refractivity contribution in [2.45, 2.75) is 19.3 Å². The molecule has 0 spiro atoms. The number of nitrogens with zero attached hydrogens (tertiary/aromatic N) is 3. The lowest BCUT2D eigenvalue weighted by Gasteiger charge is -2.28. The van der Waals surface area contributed by atoms with E-state index >= 15 is 0 Å². The van der Waals surface area contributed by atoms with Gasteiger partial charge in [0.25, 0.3) is 0 Å². The van der Waals surface area contributed by atoms with Crippen molar-refractivity contribution >= 4 is 45.0 Å². The van der Waals surface area contributed by atoms with E-state index < -0.39 is 0 Å². The maximum atomic E-state index is 5.05. The van der Waals surface area contributed by atoms with Gasteiger partial charge in [-0.05, 0) is 99.9 Å². The molecular formula is C48H37N3. The van der Waals surface area contributed by atoms with Crippen molar-refractivity contribution in [2.24, 2.45) is 0 Å². The molecule has 1 heterocycles. The van der Waals surface area contributed by atoms with Crippen molar-refractivity contribution in [2.75, 3.05) is 9.80 Å². The van der Waals surface area contributed by atoms with Crippen LogP contribution in [0.3, 0.4) is 0 Å². The quantitative estimate of drug-likeness (QED) is 0.170. The van der Waals surface area contributed by atoms with Gasteiger partial charge in [0.05, 0.1) is 5.69 Å². The molecule has 0 unspecified atom stereocenters. The van der Waals surface area contributed by atoms with E-state index in [1.807, 2.05) is 12.3 Å². The third kappa shape index (κ3) is 5.35. The number of benzene rings is 7. The number of pyridine rings is 1. The van der Waals surface area contributed by atoms with Gasteiger partial charge in [0, 0.05) is 45.3 Å². The highest BCUT2D eigenvalue weighted by molar-refractivity contribution is 5.98. The standard InChI is InChI=1S/C48H37N3/c1-48(2)44-22-12-11-21-42(44)43-30-29-40(32-45(43)48)50(37-16-5-3-6-17-37)39-27-24-34(25-28-39)36-26-31-47(49-33-36)51(38-18-7-4-8-19-38)46-23-13-15-35-14-9-10-20-41(35)46/h3-33H,1-2H3. The van der Waals surface area contributed by atoms with Crippen LogP contribution in [0.15, 0.2) is 188 Å². The Morgan fingerprint density at radius 2 is 1.02 bits per heavy atom. The highest BCUT2D eigenvalue weighted by Gasteiger charge is 2.35. The summed E-state index contributed by atoms with van der Waals surface area (Å²) < 4.78 is 0. The normalized spacial score (nSPS) is 12.7. The van der Waals surface area contributed by atoms with E-state index in [-0.39, 0.29) is 5.41 Å². The summed E-state index contributed by atoms with van der Waals surface area (Å²) in [6, 6.07) is 65.0. The predicted molar refractivity (Wildman–Crippen MR) is 214 cm³/mol. The molecule has 1 aromatic heterocycles. The van der Waals surface area contributed by atoms with Gasteiger partial charge in [-0.3, -0.25) is 4.90 Å². The van der Waals surface area contributed by atoms with Crippen LogP contribution in [0.25, 0.3) is 33.0 Å². The molecule has 1 aliphatic carbocycles. The van der Waals surface area contributed by atoms with E-state index in [4.69, 9.17) is 4.98 Å². The number of hydrogen-bond donors (Lipinski definition) is 0. The van der Waals surface area contributed by atoms with Crippen molar-refractivity contribution in [1.82, 2.24) is 4.98 Å². The molecule has 0 fully saturated rings. The molecular weight excluding hydrogens is 619 g/mol. The van der Waals surface area contributed by atoms with Gasteiger partial charge in [-0.15, -0.1) is 0 Å². The predicted octanol–water partition coefficient (Wildman–Crippen LogP) is 13.1. The third-order valence-electron chi connectivity index (χ3n) is 10.3. The summed E-state index contributed by atoms with van der Waals surface area (Å²) in [5.74, 6) is 0.870. The first-order valence-electron chi connectivity index (χ1n) is 17.6. The molecule has 8 aromatic rings. The molecule has 244 valence electrons. The summed E-state index contributed by atoms with van der Waals surface area (Å²) in [6.07, 6.45) is 1.99. The Balaban J connectivity index is 1.06. The number of para-hydroxylation sites is 2. The number of aromatic nitrogens is 1. The van der Waals surface area contributed by atoms with Crippen LogP contribution < -0.4 is 9.80 Å². The smallest absolute Gasteiger partial charge is 0.137 e. The first-order chi connectivity index (χ1) is 25.1. The van der Waals surface area contributed by atoms with Crippen molar-refractivity contribution in [3.05, 3.63) is 199 Å². The number of anilines is 6. The fourth-order valence-electron chi connectivity index (χ4n) is 7.72. The molecule has 7 aromatic carbocycles. The molecule has 0 radical (unpaired) electrons. The van der Waals surface area contributed by atoms with E-state index in [2.05, 4.69) is 200 Å². The van der Waals surface area contributed by atoms with Crippen molar-refractivity contribution in [3.8, 4) is 22.3 Å². The second kappa shape index (κ2) is 12.5. The minimum Gasteiger partial charge on any atom is -0.310 e. The zero-order chi connectivity index (χ0) is 34.4. The summed E-state index contributed by atoms with van der Waals surface area (Å²) in [5, 5.41) is 2.38. The molecule has 3 heteroatoms. The summed E-state index contributed by atoms with van der Waals surface area (Å²) >= 11 is 0. The monoisotopic (exact) mass is 655 g/mol. The zero-order valence-corrected chi connectivity index (χ0v) is 28.7. The third-order valence-corrected chi connectivity index (χ3v) is 10.3. The lowest BCUT2D eigenvalue weighted by atomic mass is 9.82. The Labute approximate surface area is 299 Å². The number of hydrogen-bond acceptors (Lipinski definition) is 3. The van der Waals surface area contributed by atoms with Crippen molar-refractivity contribution < 1.29 is 0 Å². The van der Waals surface area contributed by atoms with Gasteiger partial charge in [0.15, 0.2) is 0 Å². The molecule has 3 nitrogen and oxygen atoms in total. The first-order valence-corrected chi connectivity index (χ1v) is 17.6. The van der Waals surface area contributed by atoms with E-state index in [0.717, 1.165) is 45.4 Å². The van der Waals surface area contributed by atoms with Gasteiger partial charge >= 0.3 is 0 Å². The van der Waals surface area contributed by atoms with E-state index in [1.165, 1.54) is 33.0 Å². The molecule has 0 saturated heterocycles. The Kier molecular flexibility index (Phi) is 7.48. The lowest BCUT2D eigenvalue weighted by Crippen LogP contribution is -2.16. The lowest BCUT2D eigenvalue weighted by molar-refractivity contribution is 0.660. The average Bonchev–Trinajstić information content (AvgIpc) is 3.42. The SMILES string of the molecule is CC1(C)c2ccccc2-c2ccc(N(c3ccccc3)c3ccc(-c4ccc(N(c5ccccc5)c5cccc6ccccc56)nc4)cc3)cc21. The molecule has 0 aliphatic heterocycles. The van der Waals surface area contributed by atoms with Gasteiger partial charge in [-0.2, -0.15) is 0 Å². The summed E-state index contributed by atoms with van der Waals surface area (Å²) in [6.45, 7) is 4.67. The van der Waals surface area contributed by atoms with E-state index in [0.29, 0.717) is 0 Å². The largest absolute Gasteiger partial charge is 0.310 e. The molecule has 51 heavy (non-hydrogen) atoms. The van der Waals surface area contributed by atoms with Gasteiger partial charge < -0.3 is 4.90 Å². The second-order valence-corrected chi connectivity index (χ2v) is 13.7. The fraction of sp³-hybridized carbons (Fsp3) is 0.0625. The summed E-state index contributed by atoms with van der Waals surface area (Å²) in [4.78, 5) is 9.64. The van der Waals surface area contributed by atoms with Gasteiger partial charge in [-0.25, -0.2) is 4.98 Å². The molecule has 9 rings (SSSR count). The molecule has 0 bridgehead atoms. The number of fused-ring (bicyclic) bond motifs is 4. The Morgan fingerprint density at radius 1 is 0.431 bits per heavy atom. The van der Waals surface area contributed by atoms with Crippen LogP contribution in [0.2, 0.25) is 0 Å². The first kappa shape index (κ1) is 30.6. The van der Waals surface area contributed by atoms with Crippen LogP contribution in [0.5, 0.6) is 0 Å². The van der Waals surface area contributed by atoms with E-state index in [9.17, 15) is 0 Å². The molecule has 0 amide bonds. The Hall–Kier alpha value is -6.45. The van der Waals surface area contributed by atoms with Gasteiger partial charge in [0.2, 0.25) is 0 Å².